The molecular formula is C14H11NO2. The molecule has 17 heavy (non-hydrogen) atoms. The van der Waals surface area contributed by atoms with Crippen LogP contribution in [0.4, 0.5) is 0 Å². The Morgan fingerprint density at radius 2 is 1.59 bits per heavy atom. The van der Waals surface area contributed by atoms with Crippen LogP contribution in [-0.4, -0.2) is 16.1 Å². The molecule has 0 unspecified atom stereocenters. The van der Waals surface area contributed by atoms with Crippen molar-refractivity contribution in [1.29, 1.82) is 0 Å². The van der Waals surface area contributed by atoms with E-state index < -0.39 is 5.97 Å². The topological polar surface area (TPSA) is 50.2 Å². The van der Waals surface area contributed by atoms with E-state index >= 15 is 0 Å². The van der Waals surface area contributed by atoms with Crippen molar-refractivity contribution in [2.75, 3.05) is 0 Å². The highest BCUT2D eigenvalue weighted by atomic mass is 16.4. The predicted molar refractivity (Wildman–Crippen MR) is 66.3 cm³/mol. The molecule has 0 saturated carbocycles. The lowest BCUT2D eigenvalue weighted by Gasteiger charge is -2.01. The maximum Gasteiger partial charge on any atom is 0.328 e. The Kier molecular flexibility index (Phi) is 3.31. The van der Waals surface area contributed by atoms with Crippen molar-refractivity contribution in [1.82, 2.24) is 4.98 Å². The molecule has 0 spiro atoms. The van der Waals surface area contributed by atoms with Gasteiger partial charge >= 0.3 is 5.97 Å². The fraction of sp³-hybridized carbons (Fsp3) is 0. The van der Waals surface area contributed by atoms with Gasteiger partial charge in [-0.15, -0.1) is 0 Å². The first-order valence-corrected chi connectivity index (χ1v) is 5.17. The average molecular weight is 225 g/mol. The van der Waals surface area contributed by atoms with E-state index in [9.17, 15) is 4.79 Å². The lowest BCUT2D eigenvalue weighted by Crippen LogP contribution is -1.85. The van der Waals surface area contributed by atoms with E-state index in [1.807, 2.05) is 36.4 Å². The number of aromatic nitrogens is 1. The molecule has 0 aliphatic rings. The van der Waals surface area contributed by atoms with E-state index in [1.165, 1.54) is 0 Å². The number of aliphatic carboxylic acids is 1. The van der Waals surface area contributed by atoms with Gasteiger partial charge in [0.05, 0.1) is 0 Å². The third-order valence-electron chi connectivity index (χ3n) is 2.34. The van der Waals surface area contributed by atoms with Crippen LogP contribution in [0.2, 0.25) is 0 Å². The molecule has 1 heterocycles. The summed E-state index contributed by atoms with van der Waals surface area (Å²) >= 11 is 0. The fourth-order valence-corrected chi connectivity index (χ4v) is 1.50. The Labute approximate surface area is 99.1 Å². The van der Waals surface area contributed by atoms with Gasteiger partial charge in [0.1, 0.15) is 0 Å². The van der Waals surface area contributed by atoms with Gasteiger partial charge in [0.2, 0.25) is 0 Å². The fourth-order valence-electron chi connectivity index (χ4n) is 1.50. The van der Waals surface area contributed by atoms with Crippen LogP contribution >= 0.6 is 0 Å². The van der Waals surface area contributed by atoms with Gasteiger partial charge in [-0.25, -0.2) is 4.79 Å². The van der Waals surface area contributed by atoms with Crippen LogP contribution in [0.1, 0.15) is 5.56 Å². The van der Waals surface area contributed by atoms with Crippen LogP contribution in [0.25, 0.3) is 17.2 Å². The Morgan fingerprint density at radius 1 is 1.00 bits per heavy atom. The van der Waals surface area contributed by atoms with Crippen LogP contribution in [0.15, 0.2) is 54.9 Å². The van der Waals surface area contributed by atoms with Gasteiger partial charge < -0.3 is 5.11 Å². The summed E-state index contributed by atoms with van der Waals surface area (Å²) in [5, 5.41) is 8.51. The van der Waals surface area contributed by atoms with Crippen molar-refractivity contribution < 1.29 is 9.90 Å². The Bertz CT molecular complexity index is 530. The average Bonchev–Trinajstić information content (AvgIpc) is 2.38. The summed E-state index contributed by atoms with van der Waals surface area (Å²) in [5.74, 6) is -0.941. The molecule has 1 aromatic carbocycles. The number of hydrogen-bond acceptors (Lipinski definition) is 2. The number of benzene rings is 1. The predicted octanol–water partition coefficient (Wildman–Crippen LogP) is 2.85. The smallest absolute Gasteiger partial charge is 0.328 e. The quantitative estimate of drug-likeness (QED) is 0.817. The molecule has 0 fully saturated rings. The van der Waals surface area contributed by atoms with E-state index in [2.05, 4.69) is 4.98 Å². The molecule has 0 saturated heterocycles. The minimum absolute atomic E-state index is 0.866. The van der Waals surface area contributed by atoms with Crippen molar-refractivity contribution in [2.45, 2.75) is 0 Å². The van der Waals surface area contributed by atoms with E-state index in [0.717, 1.165) is 22.8 Å². The Balaban J connectivity index is 2.22. The van der Waals surface area contributed by atoms with E-state index in [4.69, 9.17) is 5.11 Å². The molecule has 84 valence electrons. The number of carboxylic acid groups (broad SMARTS) is 1. The van der Waals surface area contributed by atoms with Gasteiger partial charge in [0.15, 0.2) is 0 Å². The van der Waals surface area contributed by atoms with E-state index in [-0.39, 0.29) is 0 Å². The molecule has 2 rings (SSSR count). The summed E-state index contributed by atoms with van der Waals surface area (Å²) in [5.41, 5.74) is 3.04. The summed E-state index contributed by atoms with van der Waals surface area (Å²) in [4.78, 5) is 14.3. The maximum atomic E-state index is 10.4. The van der Waals surface area contributed by atoms with Crippen molar-refractivity contribution in [3.05, 3.63) is 60.4 Å². The Morgan fingerprint density at radius 3 is 2.18 bits per heavy atom. The lowest BCUT2D eigenvalue weighted by molar-refractivity contribution is -0.131. The molecule has 0 amide bonds. The van der Waals surface area contributed by atoms with Gasteiger partial charge in [-0.05, 0) is 34.9 Å². The second-order valence-electron chi connectivity index (χ2n) is 3.53. The van der Waals surface area contributed by atoms with Gasteiger partial charge in [0.25, 0.3) is 0 Å². The molecule has 0 radical (unpaired) electrons. The molecule has 0 bridgehead atoms. The molecule has 0 aliphatic heterocycles. The van der Waals surface area contributed by atoms with Gasteiger partial charge in [-0.2, -0.15) is 0 Å². The maximum absolute atomic E-state index is 10.4. The number of hydrogen-bond donors (Lipinski definition) is 1. The SMILES string of the molecule is O=C(O)C=Cc1ccc(-c2ccncc2)cc1. The van der Waals surface area contributed by atoms with Crippen molar-refractivity contribution >= 4 is 12.0 Å². The largest absolute Gasteiger partial charge is 0.478 e. The highest BCUT2D eigenvalue weighted by molar-refractivity contribution is 5.85. The van der Waals surface area contributed by atoms with Gasteiger partial charge in [-0.3, -0.25) is 4.98 Å². The summed E-state index contributed by atoms with van der Waals surface area (Å²) in [6.07, 6.45) is 6.18. The first-order valence-electron chi connectivity index (χ1n) is 5.17. The standard InChI is InChI=1S/C14H11NO2/c16-14(17)6-3-11-1-4-12(5-2-11)13-7-9-15-10-8-13/h1-10H,(H,16,17). The minimum Gasteiger partial charge on any atom is -0.478 e. The van der Waals surface area contributed by atoms with Crippen LogP contribution in [0.5, 0.6) is 0 Å². The summed E-state index contributed by atoms with van der Waals surface area (Å²) in [6.45, 7) is 0. The summed E-state index contributed by atoms with van der Waals surface area (Å²) < 4.78 is 0. The molecule has 1 aromatic heterocycles. The normalized spacial score (nSPS) is 10.6. The summed E-state index contributed by atoms with van der Waals surface area (Å²) in [7, 11) is 0. The first-order chi connectivity index (χ1) is 8.25. The first kappa shape index (κ1) is 11.1. The van der Waals surface area contributed by atoms with Gasteiger partial charge in [-0.1, -0.05) is 24.3 Å². The second-order valence-corrected chi connectivity index (χ2v) is 3.53. The molecule has 0 aliphatic carbocycles. The number of carboxylic acids is 1. The highest BCUT2D eigenvalue weighted by Gasteiger charge is 1.96. The van der Waals surface area contributed by atoms with E-state index in [1.54, 1.807) is 18.5 Å². The zero-order valence-electron chi connectivity index (χ0n) is 9.08. The highest BCUT2D eigenvalue weighted by Crippen LogP contribution is 2.18. The number of carbonyl (C=O) groups is 1. The van der Waals surface area contributed by atoms with E-state index in [0.29, 0.717) is 0 Å². The molecule has 1 N–H and O–H groups in total. The zero-order valence-corrected chi connectivity index (χ0v) is 9.08. The third kappa shape index (κ3) is 3.01. The van der Waals surface area contributed by atoms with Crippen LogP contribution in [-0.2, 0) is 4.79 Å². The van der Waals surface area contributed by atoms with Crippen LogP contribution < -0.4 is 0 Å². The monoisotopic (exact) mass is 225 g/mol. The van der Waals surface area contributed by atoms with Crippen LogP contribution in [0.3, 0.4) is 0 Å². The lowest BCUT2D eigenvalue weighted by atomic mass is 10.1. The molecule has 3 nitrogen and oxygen atoms in total. The molecular weight excluding hydrogens is 214 g/mol. The number of pyridine rings is 1. The van der Waals surface area contributed by atoms with Crippen molar-refractivity contribution in [3.63, 3.8) is 0 Å². The molecule has 2 aromatic rings. The third-order valence-corrected chi connectivity index (χ3v) is 2.34. The molecule has 3 heteroatoms. The van der Waals surface area contributed by atoms with Gasteiger partial charge in [0, 0.05) is 18.5 Å². The minimum atomic E-state index is -0.941. The van der Waals surface area contributed by atoms with Crippen molar-refractivity contribution in [3.8, 4) is 11.1 Å². The summed E-state index contributed by atoms with van der Waals surface area (Å²) in [6, 6.07) is 11.5. The second kappa shape index (κ2) is 5.07. The van der Waals surface area contributed by atoms with Crippen LogP contribution in [0, 0.1) is 0 Å². The number of nitrogens with zero attached hydrogens (tertiary/aromatic N) is 1. The number of rotatable bonds is 3. The zero-order chi connectivity index (χ0) is 12.1. The van der Waals surface area contributed by atoms with Crippen molar-refractivity contribution in [2.24, 2.45) is 0 Å². The molecule has 0 atom stereocenters. The Hall–Kier alpha value is -2.42.